The number of carbonyl (C=O) groups is 1. The van der Waals surface area contributed by atoms with Gasteiger partial charge in [0.05, 0.1) is 19.2 Å². The Morgan fingerprint density at radius 1 is 1.24 bits per heavy atom. The van der Waals surface area contributed by atoms with Gasteiger partial charge in [-0.2, -0.15) is 0 Å². The lowest BCUT2D eigenvalue weighted by Gasteiger charge is -2.13. The molecule has 5 nitrogen and oxygen atoms in total. The van der Waals surface area contributed by atoms with Crippen molar-refractivity contribution in [2.45, 2.75) is 27.3 Å². The molecule has 5 heteroatoms. The topological polar surface area (TPSA) is 62.7 Å². The molecule has 0 amide bonds. The van der Waals surface area contributed by atoms with E-state index in [0.717, 1.165) is 24.6 Å². The van der Waals surface area contributed by atoms with E-state index < -0.39 is 0 Å². The molecule has 2 N–H and O–H groups in total. The summed E-state index contributed by atoms with van der Waals surface area (Å²) in [4.78, 5) is 15.9. The highest BCUT2D eigenvalue weighted by molar-refractivity contribution is 5.89. The van der Waals surface area contributed by atoms with Crippen LogP contribution in [0, 0.1) is 5.92 Å². The van der Waals surface area contributed by atoms with Gasteiger partial charge in [0, 0.05) is 13.1 Å². The number of aliphatic imine (C=N–C) groups is 1. The van der Waals surface area contributed by atoms with Crippen molar-refractivity contribution in [2.75, 3.05) is 20.2 Å². The lowest BCUT2D eigenvalue weighted by atomic mass is 10.1. The van der Waals surface area contributed by atoms with Gasteiger partial charge in [-0.15, -0.1) is 0 Å². The second-order valence-corrected chi connectivity index (χ2v) is 5.16. The zero-order chi connectivity index (χ0) is 15.7. The van der Waals surface area contributed by atoms with Gasteiger partial charge in [-0.25, -0.2) is 9.79 Å². The second-order valence-electron chi connectivity index (χ2n) is 5.16. The Morgan fingerprint density at radius 2 is 1.90 bits per heavy atom. The maximum absolute atomic E-state index is 11.4. The van der Waals surface area contributed by atoms with Crippen LogP contribution in [0.2, 0.25) is 0 Å². The number of guanidine groups is 1. The fraction of sp³-hybridized carbons (Fsp3) is 0.500. The molecule has 1 rings (SSSR count). The summed E-state index contributed by atoms with van der Waals surface area (Å²) in [5.74, 6) is 1.05. The zero-order valence-electron chi connectivity index (χ0n) is 13.3. The van der Waals surface area contributed by atoms with E-state index >= 15 is 0 Å². The van der Waals surface area contributed by atoms with Crippen molar-refractivity contribution in [1.82, 2.24) is 10.6 Å². The summed E-state index contributed by atoms with van der Waals surface area (Å²) in [6.45, 7) is 8.62. The number of esters is 1. The third kappa shape index (κ3) is 6.29. The summed E-state index contributed by atoms with van der Waals surface area (Å²) in [6.07, 6.45) is 0. The first-order chi connectivity index (χ1) is 10.1. The molecule has 0 spiro atoms. The van der Waals surface area contributed by atoms with Crippen LogP contribution >= 0.6 is 0 Å². The van der Waals surface area contributed by atoms with Crippen molar-refractivity contribution in [3.8, 4) is 0 Å². The van der Waals surface area contributed by atoms with Crippen LogP contribution in [0.15, 0.2) is 29.3 Å². The Balaban J connectivity index is 2.64. The van der Waals surface area contributed by atoms with E-state index in [2.05, 4.69) is 34.2 Å². The predicted octanol–water partition coefficient (Wildman–Crippen LogP) is 2.18. The zero-order valence-corrected chi connectivity index (χ0v) is 13.3. The molecule has 0 fully saturated rings. The van der Waals surface area contributed by atoms with Gasteiger partial charge in [0.25, 0.3) is 0 Å². The molecule has 1 aromatic rings. The number of methoxy groups -OCH3 is 1. The normalized spacial score (nSPS) is 11.4. The number of rotatable bonds is 6. The Kier molecular flexibility index (Phi) is 7.29. The Hall–Kier alpha value is -2.04. The van der Waals surface area contributed by atoms with Crippen molar-refractivity contribution in [3.63, 3.8) is 0 Å². The van der Waals surface area contributed by atoms with Crippen molar-refractivity contribution in [3.05, 3.63) is 35.4 Å². The van der Waals surface area contributed by atoms with Gasteiger partial charge >= 0.3 is 5.97 Å². The predicted molar refractivity (Wildman–Crippen MR) is 85.4 cm³/mol. The molecule has 21 heavy (non-hydrogen) atoms. The maximum atomic E-state index is 11.4. The van der Waals surface area contributed by atoms with Crippen molar-refractivity contribution in [1.29, 1.82) is 0 Å². The number of hydrogen-bond acceptors (Lipinski definition) is 3. The van der Waals surface area contributed by atoms with Crippen LogP contribution in [-0.4, -0.2) is 32.1 Å². The number of hydrogen-bond donors (Lipinski definition) is 2. The van der Waals surface area contributed by atoms with Crippen LogP contribution in [0.1, 0.15) is 36.7 Å². The molecule has 0 aliphatic rings. The van der Waals surface area contributed by atoms with Crippen LogP contribution in [0.5, 0.6) is 0 Å². The molecule has 0 unspecified atom stereocenters. The minimum atomic E-state index is -0.322. The highest BCUT2D eigenvalue weighted by atomic mass is 16.5. The van der Waals surface area contributed by atoms with Crippen molar-refractivity contribution >= 4 is 11.9 Å². The summed E-state index contributed by atoms with van der Waals surface area (Å²) in [5.41, 5.74) is 1.60. The maximum Gasteiger partial charge on any atom is 0.337 e. The molecule has 116 valence electrons. The highest BCUT2D eigenvalue weighted by Crippen LogP contribution is 2.06. The van der Waals surface area contributed by atoms with Crippen LogP contribution in [-0.2, 0) is 11.3 Å². The SMILES string of the molecule is CCNC(=NCc1ccc(C(=O)OC)cc1)NCC(C)C. The van der Waals surface area contributed by atoms with Gasteiger partial charge in [-0.3, -0.25) is 0 Å². The summed E-state index contributed by atoms with van der Waals surface area (Å²) >= 11 is 0. The van der Waals surface area contributed by atoms with Gasteiger partial charge in [0.1, 0.15) is 0 Å². The van der Waals surface area contributed by atoms with E-state index in [1.54, 1.807) is 12.1 Å². The molecular formula is C16H25N3O2. The highest BCUT2D eigenvalue weighted by Gasteiger charge is 2.04. The standard InChI is InChI=1S/C16H25N3O2/c1-5-17-16(18-10-12(2)3)19-11-13-6-8-14(9-7-13)15(20)21-4/h6-9,12H,5,10-11H2,1-4H3,(H2,17,18,19). The monoisotopic (exact) mass is 291 g/mol. The van der Waals surface area contributed by atoms with Gasteiger partial charge in [0.15, 0.2) is 5.96 Å². The van der Waals surface area contributed by atoms with E-state index in [-0.39, 0.29) is 5.97 Å². The van der Waals surface area contributed by atoms with Gasteiger partial charge in [0.2, 0.25) is 0 Å². The summed E-state index contributed by atoms with van der Waals surface area (Å²) < 4.78 is 4.67. The number of nitrogens with zero attached hydrogens (tertiary/aromatic N) is 1. The third-order valence-electron chi connectivity index (χ3n) is 2.82. The molecule has 0 saturated heterocycles. The first kappa shape index (κ1) is 17.0. The third-order valence-corrected chi connectivity index (χ3v) is 2.82. The molecule has 0 aliphatic heterocycles. The summed E-state index contributed by atoms with van der Waals surface area (Å²) in [6, 6.07) is 7.29. The molecule has 0 heterocycles. The molecule has 1 aromatic carbocycles. The molecule has 0 atom stereocenters. The van der Waals surface area contributed by atoms with Crippen molar-refractivity contribution < 1.29 is 9.53 Å². The first-order valence-corrected chi connectivity index (χ1v) is 7.26. The average Bonchev–Trinajstić information content (AvgIpc) is 2.49. The first-order valence-electron chi connectivity index (χ1n) is 7.26. The van der Waals surface area contributed by atoms with Crippen LogP contribution in [0.25, 0.3) is 0 Å². The second kappa shape index (κ2) is 9.00. The van der Waals surface area contributed by atoms with Crippen LogP contribution in [0.3, 0.4) is 0 Å². The lowest BCUT2D eigenvalue weighted by Crippen LogP contribution is -2.39. The largest absolute Gasteiger partial charge is 0.465 e. The van der Waals surface area contributed by atoms with Gasteiger partial charge < -0.3 is 15.4 Å². The van der Waals surface area contributed by atoms with Gasteiger partial charge in [-0.05, 0) is 30.5 Å². The molecule has 0 aliphatic carbocycles. The average molecular weight is 291 g/mol. The minimum Gasteiger partial charge on any atom is -0.465 e. The molecule has 0 radical (unpaired) electrons. The van der Waals surface area contributed by atoms with Crippen molar-refractivity contribution in [2.24, 2.45) is 10.9 Å². The Morgan fingerprint density at radius 3 is 2.43 bits per heavy atom. The van der Waals surface area contributed by atoms with E-state index in [9.17, 15) is 4.79 Å². The Labute approximate surface area is 126 Å². The van der Waals surface area contributed by atoms with Crippen LogP contribution < -0.4 is 10.6 Å². The Bertz CT molecular complexity index is 467. The van der Waals surface area contributed by atoms with E-state index in [1.807, 2.05) is 19.1 Å². The van der Waals surface area contributed by atoms with E-state index in [0.29, 0.717) is 18.0 Å². The summed E-state index contributed by atoms with van der Waals surface area (Å²) in [7, 11) is 1.38. The number of ether oxygens (including phenoxy) is 1. The van der Waals surface area contributed by atoms with Gasteiger partial charge in [-0.1, -0.05) is 26.0 Å². The fourth-order valence-electron chi connectivity index (χ4n) is 1.68. The molecule has 0 aromatic heterocycles. The summed E-state index contributed by atoms with van der Waals surface area (Å²) in [5, 5.41) is 6.51. The van der Waals surface area contributed by atoms with E-state index in [4.69, 9.17) is 0 Å². The van der Waals surface area contributed by atoms with Crippen LogP contribution in [0.4, 0.5) is 0 Å². The lowest BCUT2D eigenvalue weighted by molar-refractivity contribution is 0.0600. The molecular weight excluding hydrogens is 266 g/mol. The number of carbonyl (C=O) groups excluding carboxylic acids is 1. The quantitative estimate of drug-likeness (QED) is 0.479. The smallest absolute Gasteiger partial charge is 0.337 e. The minimum absolute atomic E-state index is 0.322. The molecule has 0 bridgehead atoms. The number of benzene rings is 1. The number of nitrogens with one attached hydrogen (secondary N) is 2. The molecule has 0 saturated carbocycles. The fourth-order valence-corrected chi connectivity index (χ4v) is 1.68. The van der Waals surface area contributed by atoms with E-state index in [1.165, 1.54) is 7.11 Å².